The van der Waals surface area contributed by atoms with Gasteiger partial charge in [0.2, 0.25) is 0 Å². The molecule has 0 aliphatic heterocycles. The lowest BCUT2D eigenvalue weighted by molar-refractivity contribution is 0.161. The summed E-state index contributed by atoms with van der Waals surface area (Å²) < 4.78 is 4.92. The van der Waals surface area contributed by atoms with Gasteiger partial charge >= 0.3 is 6.09 Å². The van der Waals surface area contributed by atoms with Crippen molar-refractivity contribution in [1.29, 1.82) is 0 Å². The summed E-state index contributed by atoms with van der Waals surface area (Å²) in [4.78, 5) is 22.3. The highest BCUT2D eigenvalue weighted by Crippen LogP contribution is 2.18. The van der Waals surface area contributed by atoms with Crippen LogP contribution >= 0.6 is 0 Å². The maximum atomic E-state index is 11.4. The highest BCUT2D eigenvalue weighted by Gasteiger charge is 2.03. The zero-order chi connectivity index (χ0) is 14.4. The van der Waals surface area contributed by atoms with Gasteiger partial charge in [0.25, 0.3) is 5.56 Å². The molecule has 0 spiro atoms. The first-order valence-electron chi connectivity index (χ1n) is 6.29. The molecule has 0 saturated carbocycles. The van der Waals surface area contributed by atoms with E-state index in [-0.39, 0.29) is 5.56 Å². The number of rotatable bonds is 4. The second-order valence-corrected chi connectivity index (χ2v) is 4.14. The fraction of sp³-hybridized carbons (Fsp3) is 0.214. The summed E-state index contributed by atoms with van der Waals surface area (Å²) >= 11 is 0. The Balaban J connectivity index is 2.04. The molecule has 6 nitrogen and oxygen atoms in total. The van der Waals surface area contributed by atoms with E-state index in [4.69, 9.17) is 4.74 Å². The van der Waals surface area contributed by atoms with Crippen LogP contribution in [-0.2, 0) is 4.74 Å². The first-order valence-corrected chi connectivity index (χ1v) is 6.29. The molecular weight excluding hydrogens is 258 g/mol. The topological polar surface area (TPSA) is 84.1 Å². The van der Waals surface area contributed by atoms with Crippen molar-refractivity contribution >= 4 is 11.8 Å². The molecule has 0 aliphatic rings. The molecule has 1 aromatic heterocycles. The van der Waals surface area contributed by atoms with E-state index >= 15 is 0 Å². The van der Waals surface area contributed by atoms with Crippen LogP contribution in [-0.4, -0.2) is 22.9 Å². The number of hydrogen-bond acceptors (Lipinski definition) is 4. The minimum absolute atomic E-state index is 0.245. The van der Waals surface area contributed by atoms with Crippen LogP contribution in [0.4, 0.5) is 10.5 Å². The van der Waals surface area contributed by atoms with Crippen LogP contribution in [0.15, 0.2) is 41.2 Å². The van der Waals surface area contributed by atoms with Crippen LogP contribution in [0.2, 0.25) is 0 Å². The SMILES string of the molecule is CCCOC(=O)Nc1ccc(-c2ccc(=O)[nH]n2)cc1. The number of nitrogens with zero attached hydrogens (tertiary/aromatic N) is 1. The van der Waals surface area contributed by atoms with Crippen LogP contribution in [0, 0.1) is 0 Å². The predicted molar refractivity (Wildman–Crippen MR) is 75.6 cm³/mol. The van der Waals surface area contributed by atoms with E-state index in [2.05, 4.69) is 15.5 Å². The molecule has 0 bridgehead atoms. The van der Waals surface area contributed by atoms with Crippen LogP contribution in [0.5, 0.6) is 0 Å². The first kappa shape index (κ1) is 13.8. The molecule has 1 amide bonds. The summed E-state index contributed by atoms with van der Waals surface area (Å²) in [5.41, 5.74) is 1.89. The summed E-state index contributed by atoms with van der Waals surface area (Å²) in [6.07, 6.45) is 0.311. The van der Waals surface area contributed by atoms with E-state index in [1.54, 1.807) is 30.3 Å². The lowest BCUT2D eigenvalue weighted by Gasteiger charge is -2.06. The Morgan fingerprint density at radius 1 is 1.25 bits per heavy atom. The number of amides is 1. The molecule has 104 valence electrons. The molecule has 0 radical (unpaired) electrons. The molecule has 1 aromatic carbocycles. The third kappa shape index (κ3) is 3.68. The molecule has 2 rings (SSSR count). The zero-order valence-corrected chi connectivity index (χ0v) is 11.1. The standard InChI is InChI=1S/C14H15N3O3/c1-2-9-20-14(19)15-11-5-3-10(4-6-11)12-7-8-13(18)17-16-12/h3-8H,2,9H2,1H3,(H,15,19)(H,17,18). The second kappa shape index (κ2) is 6.51. The number of H-pyrrole nitrogens is 1. The number of carbonyl (C=O) groups is 1. The fourth-order valence-corrected chi connectivity index (χ4v) is 1.58. The largest absolute Gasteiger partial charge is 0.449 e. The quantitative estimate of drug-likeness (QED) is 0.895. The van der Waals surface area contributed by atoms with E-state index in [0.717, 1.165) is 12.0 Å². The monoisotopic (exact) mass is 273 g/mol. The second-order valence-electron chi connectivity index (χ2n) is 4.14. The molecule has 2 aromatic rings. The van der Waals surface area contributed by atoms with E-state index in [0.29, 0.717) is 18.0 Å². The Morgan fingerprint density at radius 2 is 2.00 bits per heavy atom. The number of benzene rings is 1. The Morgan fingerprint density at radius 3 is 2.60 bits per heavy atom. The van der Waals surface area contributed by atoms with Crippen molar-refractivity contribution in [1.82, 2.24) is 10.2 Å². The molecular formula is C14H15N3O3. The van der Waals surface area contributed by atoms with Crippen molar-refractivity contribution in [2.24, 2.45) is 0 Å². The first-order chi connectivity index (χ1) is 9.69. The van der Waals surface area contributed by atoms with Gasteiger partial charge in [0.15, 0.2) is 0 Å². The van der Waals surface area contributed by atoms with Gasteiger partial charge in [-0.15, -0.1) is 0 Å². The average molecular weight is 273 g/mol. The summed E-state index contributed by atoms with van der Waals surface area (Å²) in [7, 11) is 0. The maximum Gasteiger partial charge on any atom is 0.411 e. The Bertz CT molecular complexity index is 614. The van der Waals surface area contributed by atoms with Crippen LogP contribution in [0.25, 0.3) is 11.3 Å². The zero-order valence-electron chi connectivity index (χ0n) is 11.1. The third-order valence-electron chi connectivity index (χ3n) is 2.54. The number of aromatic amines is 1. The van der Waals surface area contributed by atoms with Crippen LogP contribution in [0.3, 0.4) is 0 Å². The molecule has 1 heterocycles. The summed E-state index contributed by atoms with van der Waals surface area (Å²) in [6, 6.07) is 10.1. The van der Waals surface area contributed by atoms with E-state index in [1.165, 1.54) is 6.07 Å². The lowest BCUT2D eigenvalue weighted by atomic mass is 10.1. The van der Waals surface area contributed by atoms with Crippen LogP contribution in [0.1, 0.15) is 13.3 Å². The number of carbonyl (C=O) groups excluding carboxylic acids is 1. The Labute approximate surface area is 115 Å². The summed E-state index contributed by atoms with van der Waals surface area (Å²) in [6.45, 7) is 2.32. The van der Waals surface area contributed by atoms with Gasteiger partial charge in [0, 0.05) is 17.3 Å². The molecule has 2 N–H and O–H groups in total. The fourth-order valence-electron chi connectivity index (χ4n) is 1.58. The molecule has 0 atom stereocenters. The van der Waals surface area contributed by atoms with Crippen molar-refractivity contribution in [3.05, 3.63) is 46.8 Å². The van der Waals surface area contributed by atoms with Crippen molar-refractivity contribution in [2.75, 3.05) is 11.9 Å². The summed E-state index contributed by atoms with van der Waals surface area (Å²) in [5.74, 6) is 0. The highest BCUT2D eigenvalue weighted by molar-refractivity contribution is 5.85. The molecule has 20 heavy (non-hydrogen) atoms. The van der Waals surface area contributed by atoms with Gasteiger partial charge in [-0.2, -0.15) is 5.10 Å². The van der Waals surface area contributed by atoms with Gasteiger partial charge in [-0.3, -0.25) is 10.1 Å². The van der Waals surface area contributed by atoms with Crippen molar-refractivity contribution in [3.63, 3.8) is 0 Å². The van der Waals surface area contributed by atoms with Gasteiger partial charge in [-0.05, 0) is 24.6 Å². The normalized spacial score (nSPS) is 10.1. The summed E-state index contributed by atoms with van der Waals surface area (Å²) in [5, 5.41) is 8.93. The number of aromatic nitrogens is 2. The van der Waals surface area contributed by atoms with Gasteiger partial charge in [-0.1, -0.05) is 19.1 Å². The highest BCUT2D eigenvalue weighted by atomic mass is 16.5. The Kier molecular flexibility index (Phi) is 4.49. The van der Waals surface area contributed by atoms with E-state index < -0.39 is 6.09 Å². The lowest BCUT2D eigenvalue weighted by Crippen LogP contribution is -2.13. The van der Waals surface area contributed by atoms with E-state index in [1.807, 2.05) is 6.92 Å². The van der Waals surface area contributed by atoms with Gasteiger partial charge in [0.05, 0.1) is 12.3 Å². The number of anilines is 1. The smallest absolute Gasteiger partial charge is 0.411 e. The van der Waals surface area contributed by atoms with Crippen LogP contribution < -0.4 is 10.9 Å². The minimum Gasteiger partial charge on any atom is -0.449 e. The third-order valence-corrected chi connectivity index (χ3v) is 2.54. The maximum absolute atomic E-state index is 11.4. The Hall–Kier alpha value is -2.63. The van der Waals surface area contributed by atoms with Gasteiger partial charge < -0.3 is 4.74 Å². The van der Waals surface area contributed by atoms with Crippen molar-refractivity contribution in [3.8, 4) is 11.3 Å². The van der Waals surface area contributed by atoms with Gasteiger partial charge in [-0.25, -0.2) is 9.89 Å². The predicted octanol–water partition coefficient (Wildman–Crippen LogP) is 2.40. The van der Waals surface area contributed by atoms with E-state index in [9.17, 15) is 9.59 Å². The molecule has 0 unspecified atom stereocenters. The molecule has 6 heteroatoms. The van der Waals surface area contributed by atoms with Gasteiger partial charge in [0.1, 0.15) is 0 Å². The minimum atomic E-state index is -0.471. The average Bonchev–Trinajstić information content (AvgIpc) is 2.47. The van der Waals surface area contributed by atoms with Crippen molar-refractivity contribution < 1.29 is 9.53 Å². The number of nitrogens with one attached hydrogen (secondary N) is 2. The molecule has 0 aliphatic carbocycles. The number of ether oxygens (including phenoxy) is 1. The molecule has 0 fully saturated rings. The molecule has 0 saturated heterocycles. The number of hydrogen-bond donors (Lipinski definition) is 2. The van der Waals surface area contributed by atoms with Crippen molar-refractivity contribution in [2.45, 2.75) is 13.3 Å².